The van der Waals surface area contributed by atoms with Crippen LogP contribution in [0.1, 0.15) is 6.23 Å². The van der Waals surface area contributed by atoms with Gasteiger partial charge < -0.3 is 29.5 Å². The van der Waals surface area contributed by atoms with Crippen LogP contribution in [0.2, 0.25) is 5.15 Å². The van der Waals surface area contributed by atoms with E-state index in [1.54, 1.807) is 15.5 Å². The highest BCUT2D eigenvalue weighted by Gasteiger charge is 2.43. The molecule has 0 unspecified atom stereocenters. The van der Waals surface area contributed by atoms with E-state index in [4.69, 9.17) is 16.3 Å². The molecule has 1 fully saturated rings. The summed E-state index contributed by atoms with van der Waals surface area (Å²) in [5.41, 5.74) is 1.23. The smallest absolute Gasteiger partial charge is 0.164 e. The molecule has 3 N–H and O–H groups in total. The number of pyridine rings is 1. The molecular formula is C13H17ClN4O4. The monoisotopic (exact) mass is 328 g/mol. The van der Waals surface area contributed by atoms with Gasteiger partial charge in [0.2, 0.25) is 0 Å². The number of nitrogens with zero attached hydrogens (tertiary/aromatic N) is 4. The molecule has 4 atom stereocenters. The Morgan fingerprint density at radius 2 is 2.09 bits per heavy atom. The van der Waals surface area contributed by atoms with Crippen LogP contribution in [0.15, 0.2) is 12.4 Å². The van der Waals surface area contributed by atoms with Crippen molar-refractivity contribution in [3.63, 3.8) is 0 Å². The first-order chi connectivity index (χ1) is 10.4. The molecule has 0 aromatic carbocycles. The summed E-state index contributed by atoms with van der Waals surface area (Å²) in [6.07, 6.45) is -2.55. The number of rotatable bonds is 3. The number of halogens is 1. The molecule has 0 aliphatic carbocycles. The van der Waals surface area contributed by atoms with Gasteiger partial charge in [-0.05, 0) is 0 Å². The molecule has 0 bridgehead atoms. The van der Waals surface area contributed by atoms with E-state index < -0.39 is 24.5 Å². The minimum Gasteiger partial charge on any atom is -0.394 e. The van der Waals surface area contributed by atoms with Crippen LogP contribution in [0.5, 0.6) is 0 Å². The molecule has 0 radical (unpaired) electrons. The van der Waals surface area contributed by atoms with Crippen LogP contribution in [-0.4, -0.2) is 68.9 Å². The van der Waals surface area contributed by atoms with Gasteiger partial charge >= 0.3 is 0 Å². The first kappa shape index (κ1) is 15.4. The average molecular weight is 329 g/mol. The van der Waals surface area contributed by atoms with Crippen molar-refractivity contribution in [2.24, 2.45) is 0 Å². The molecule has 8 nitrogen and oxygen atoms in total. The Kier molecular flexibility index (Phi) is 3.96. The van der Waals surface area contributed by atoms with Gasteiger partial charge in [0.05, 0.1) is 18.5 Å². The third-order valence-corrected chi connectivity index (χ3v) is 3.92. The third kappa shape index (κ3) is 2.33. The topological polar surface area (TPSA) is 104 Å². The number of anilines is 1. The van der Waals surface area contributed by atoms with Crippen molar-refractivity contribution in [3.05, 3.63) is 17.5 Å². The molecule has 1 aliphatic heterocycles. The van der Waals surface area contributed by atoms with Gasteiger partial charge in [0, 0.05) is 20.2 Å². The van der Waals surface area contributed by atoms with Gasteiger partial charge in [-0.1, -0.05) is 11.6 Å². The molecule has 120 valence electrons. The maximum Gasteiger partial charge on any atom is 0.164 e. The zero-order chi connectivity index (χ0) is 16.0. The normalized spacial score (nSPS) is 28.5. The van der Waals surface area contributed by atoms with Crippen molar-refractivity contribution < 1.29 is 20.1 Å². The van der Waals surface area contributed by atoms with Crippen LogP contribution in [0.25, 0.3) is 11.0 Å². The van der Waals surface area contributed by atoms with E-state index in [1.165, 1.54) is 6.33 Å². The summed E-state index contributed by atoms with van der Waals surface area (Å²) >= 11 is 6.05. The molecule has 0 saturated carbocycles. The number of aromatic nitrogens is 3. The number of aliphatic hydroxyl groups excluding tert-OH is 3. The number of hydrogen-bond donors (Lipinski definition) is 3. The summed E-state index contributed by atoms with van der Waals surface area (Å²) in [6, 6.07) is 1.62. The molecule has 22 heavy (non-hydrogen) atoms. The van der Waals surface area contributed by atoms with E-state index in [1.807, 2.05) is 14.1 Å². The Morgan fingerprint density at radius 3 is 2.68 bits per heavy atom. The minimum absolute atomic E-state index is 0.282. The summed E-state index contributed by atoms with van der Waals surface area (Å²) in [5.74, 6) is 0.591. The number of imidazole rings is 1. The summed E-state index contributed by atoms with van der Waals surface area (Å²) < 4.78 is 7.11. The van der Waals surface area contributed by atoms with E-state index in [-0.39, 0.29) is 11.8 Å². The first-order valence-electron chi connectivity index (χ1n) is 6.77. The molecule has 1 aliphatic rings. The van der Waals surface area contributed by atoms with Crippen LogP contribution >= 0.6 is 11.6 Å². The van der Waals surface area contributed by atoms with E-state index >= 15 is 0 Å². The molecule has 3 heterocycles. The number of ether oxygens (including phenoxy) is 1. The summed E-state index contributed by atoms with van der Waals surface area (Å²) in [4.78, 5) is 10.3. The summed E-state index contributed by atoms with van der Waals surface area (Å²) in [7, 11) is 3.65. The van der Waals surface area contributed by atoms with Gasteiger partial charge in [0.1, 0.15) is 29.0 Å². The number of hydrogen-bond acceptors (Lipinski definition) is 7. The van der Waals surface area contributed by atoms with Crippen molar-refractivity contribution in [2.45, 2.75) is 24.5 Å². The van der Waals surface area contributed by atoms with Crippen LogP contribution in [-0.2, 0) is 4.74 Å². The van der Waals surface area contributed by atoms with Crippen molar-refractivity contribution in [1.29, 1.82) is 0 Å². The Morgan fingerprint density at radius 1 is 1.36 bits per heavy atom. The second-order valence-corrected chi connectivity index (χ2v) is 5.80. The lowest BCUT2D eigenvalue weighted by atomic mass is 10.1. The molecule has 2 aromatic heterocycles. The fraction of sp³-hybridized carbons (Fsp3) is 0.538. The molecule has 2 aromatic rings. The van der Waals surface area contributed by atoms with E-state index in [0.717, 1.165) is 0 Å². The molecule has 9 heteroatoms. The highest BCUT2D eigenvalue weighted by Crippen LogP contribution is 2.34. The van der Waals surface area contributed by atoms with Crippen molar-refractivity contribution in [2.75, 3.05) is 25.6 Å². The van der Waals surface area contributed by atoms with Crippen LogP contribution < -0.4 is 4.90 Å². The van der Waals surface area contributed by atoms with Gasteiger partial charge in [-0.2, -0.15) is 0 Å². The van der Waals surface area contributed by atoms with Gasteiger partial charge in [-0.15, -0.1) is 0 Å². The third-order valence-electron chi connectivity index (χ3n) is 3.73. The fourth-order valence-corrected chi connectivity index (χ4v) is 2.79. The highest BCUT2D eigenvalue weighted by molar-refractivity contribution is 6.30. The van der Waals surface area contributed by atoms with Gasteiger partial charge in [-0.25, -0.2) is 9.97 Å². The van der Waals surface area contributed by atoms with Crippen LogP contribution in [0.3, 0.4) is 0 Å². The Balaban J connectivity index is 2.09. The predicted octanol–water partition coefficient (Wildman–Crippen LogP) is -0.238. The van der Waals surface area contributed by atoms with Gasteiger partial charge in [0.15, 0.2) is 12.0 Å². The fourth-order valence-electron chi connectivity index (χ4n) is 2.61. The molecule has 0 amide bonds. The number of fused-ring (bicyclic) bond motifs is 1. The van der Waals surface area contributed by atoms with E-state index in [0.29, 0.717) is 16.9 Å². The lowest BCUT2D eigenvalue weighted by Gasteiger charge is -2.18. The van der Waals surface area contributed by atoms with E-state index in [9.17, 15) is 15.3 Å². The zero-order valence-corrected chi connectivity index (χ0v) is 12.8. The van der Waals surface area contributed by atoms with Crippen molar-refractivity contribution in [3.8, 4) is 0 Å². The quantitative estimate of drug-likeness (QED) is 0.668. The standard InChI is InChI=1S/C13H17ClN4O4/c1-17(2)12-9-6(3-8(14)16-12)18(5-15-9)13-11(21)10(20)7(4-19)22-13/h3,5,7,10-11,13,19-21H,4H2,1-2H3/t7-,10-,11-,13-/m1/s1. The zero-order valence-electron chi connectivity index (χ0n) is 12.1. The second-order valence-electron chi connectivity index (χ2n) is 5.41. The lowest BCUT2D eigenvalue weighted by molar-refractivity contribution is -0.0508. The molecule has 0 spiro atoms. The summed E-state index contributed by atoms with van der Waals surface area (Å²) in [5, 5.41) is 29.5. The maximum absolute atomic E-state index is 10.1. The lowest BCUT2D eigenvalue weighted by Crippen LogP contribution is -2.33. The number of aliphatic hydroxyl groups is 3. The minimum atomic E-state index is -1.18. The highest BCUT2D eigenvalue weighted by atomic mass is 35.5. The molecule has 3 rings (SSSR count). The Labute approximate surface area is 131 Å². The van der Waals surface area contributed by atoms with Crippen molar-refractivity contribution in [1.82, 2.24) is 14.5 Å². The Bertz CT molecular complexity index is 692. The van der Waals surface area contributed by atoms with Crippen LogP contribution in [0, 0.1) is 0 Å². The average Bonchev–Trinajstić information content (AvgIpc) is 3.00. The largest absolute Gasteiger partial charge is 0.394 e. The van der Waals surface area contributed by atoms with Crippen LogP contribution in [0.4, 0.5) is 5.82 Å². The maximum atomic E-state index is 10.1. The SMILES string of the molecule is CN(C)c1nc(Cl)cc2c1ncn2[C@@H]1O[C@H](CO)[C@@H](O)[C@H]1O. The molecule has 1 saturated heterocycles. The predicted molar refractivity (Wildman–Crippen MR) is 79.9 cm³/mol. The van der Waals surface area contributed by atoms with Crippen molar-refractivity contribution >= 4 is 28.5 Å². The first-order valence-corrected chi connectivity index (χ1v) is 7.14. The van der Waals surface area contributed by atoms with Gasteiger partial charge in [-0.3, -0.25) is 0 Å². The van der Waals surface area contributed by atoms with Gasteiger partial charge in [0.25, 0.3) is 0 Å². The Hall–Kier alpha value is -1.45. The summed E-state index contributed by atoms with van der Waals surface area (Å²) in [6.45, 7) is -0.382. The molecular weight excluding hydrogens is 312 g/mol. The van der Waals surface area contributed by atoms with E-state index in [2.05, 4.69) is 9.97 Å². The second kappa shape index (κ2) is 5.64.